The van der Waals surface area contributed by atoms with Gasteiger partial charge in [0, 0.05) is 25.2 Å². The van der Waals surface area contributed by atoms with Gasteiger partial charge in [0.05, 0.1) is 21.7 Å². The molecule has 0 bridgehead atoms. The van der Waals surface area contributed by atoms with E-state index >= 15 is 0 Å². The van der Waals surface area contributed by atoms with Crippen molar-refractivity contribution in [3.63, 3.8) is 0 Å². The fourth-order valence-corrected chi connectivity index (χ4v) is 6.00. The van der Waals surface area contributed by atoms with E-state index in [0.29, 0.717) is 23.3 Å². The van der Waals surface area contributed by atoms with Crippen LogP contribution in [0.3, 0.4) is 0 Å². The lowest BCUT2D eigenvalue weighted by Gasteiger charge is -2.30. The highest BCUT2D eigenvalue weighted by atomic mass is 32.2. The summed E-state index contributed by atoms with van der Waals surface area (Å²) in [5.41, 5.74) is 0.213. The number of nitro groups is 1. The first-order valence-electron chi connectivity index (χ1n) is 11.0. The number of benzene rings is 1. The van der Waals surface area contributed by atoms with Gasteiger partial charge in [-0.1, -0.05) is 18.3 Å². The zero-order valence-electron chi connectivity index (χ0n) is 19.3. The van der Waals surface area contributed by atoms with Crippen LogP contribution >= 0.6 is 11.3 Å². The molecule has 0 spiro atoms. The molecule has 1 aromatic carbocycles. The lowest BCUT2D eigenvalue weighted by Crippen LogP contribution is -2.42. The molecule has 1 aliphatic rings. The number of carbonyl (C=O) groups excluding carboxylic acids is 3. The third-order valence-corrected chi connectivity index (χ3v) is 7.80. The van der Waals surface area contributed by atoms with Crippen molar-refractivity contribution in [3.8, 4) is 0 Å². The van der Waals surface area contributed by atoms with Crippen LogP contribution in [0.2, 0.25) is 0 Å². The van der Waals surface area contributed by atoms with Crippen molar-refractivity contribution in [2.45, 2.75) is 33.2 Å². The van der Waals surface area contributed by atoms with E-state index in [1.54, 1.807) is 6.92 Å². The van der Waals surface area contributed by atoms with E-state index in [2.05, 4.69) is 4.99 Å². The standard InChI is InChI=1S/C21H26N4O8S2/c1-3-33-20(28)11-24-16-7-6-15(25(29)30)9-17(16)34-21(24)22-18(26)12-35(31,32)13-19(27)23-8-4-5-14(2)10-23/h6-7,9,14H,3-5,8,10-13H2,1-2H3. The number of fused-ring (bicyclic) bond motifs is 1. The molecule has 1 saturated heterocycles. The van der Waals surface area contributed by atoms with Gasteiger partial charge in [0.15, 0.2) is 14.6 Å². The molecule has 12 nitrogen and oxygen atoms in total. The van der Waals surface area contributed by atoms with Gasteiger partial charge in [0.2, 0.25) is 5.91 Å². The zero-order chi connectivity index (χ0) is 25.8. The summed E-state index contributed by atoms with van der Waals surface area (Å²) in [5, 5.41) is 11.1. The SMILES string of the molecule is CCOC(=O)Cn1c(=NC(=O)CS(=O)(=O)CC(=O)N2CCCC(C)C2)sc2cc([N+](=O)[O-])ccc21. The molecule has 190 valence electrons. The van der Waals surface area contributed by atoms with Crippen molar-refractivity contribution in [1.82, 2.24) is 9.47 Å². The predicted molar refractivity (Wildman–Crippen MR) is 127 cm³/mol. The number of likely N-dealkylation sites (tertiary alicyclic amines) is 1. The van der Waals surface area contributed by atoms with Gasteiger partial charge in [-0.25, -0.2) is 8.42 Å². The largest absolute Gasteiger partial charge is 0.465 e. The summed E-state index contributed by atoms with van der Waals surface area (Å²) in [6, 6.07) is 3.95. The van der Waals surface area contributed by atoms with Crippen LogP contribution in [-0.2, 0) is 35.5 Å². The van der Waals surface area contributed by atoms with Crippen molar-refractivity contribution < 1.29 is 32.5 Å². The Hall–Kier alpha value is -3.13. The minimum atomic E-state index is -4.08. The Kier molecular flexibility index (Phi) is 8.38. The molecule has 0 aliphatic carbocycles. The van der Waals surface area contributed by atoms with Gasteiger partial charge in [-0.15, -0.1) is 0 Å². The molecule has 1 unspecified atom stereocenters. The van der Waals surface area contributed by atoms with Crippen LogP contribution in [0.5, 0.6) is 0 Å². The third-order valence-electron chi connectivity index (χ3n) is 5.39. The zero-order valence-corrected chi connectivity index (χ0v) is 21.0. The van der Waals surface area contributed by atoms with Gasteiger partial charge in [0.25, 0.3) is 11.6 Å². The van der Waals surface area contributed by atoms with Crippen LogP contribution in [0.25, 0.3) is 10.2 Å². The first-order chi connectivity index (χ1) is 16.5. The number of nitrogens with zero attached hydrogens (tertiary/aromatic N) is 4. The molecule has 0 radical (unpaired) electrons. The lowest BCUT2D eigenvalue weighted by atomic mass is 10.0. The van der Waals surface area contributed by atoms with Gasteiger partial charge in [0.1, 0.15) is 18.1 Å². The average molecular weight is 527 g/mol. The third kappa shape index (κ3) is 6.94. The Morgan fingerprint density at radius 1 is 1.29 bits per heavy atom. The molecular formula is C21H26N4O8S2. The number of hydrogen-bond acceptors (Lipinski definition) is 9. The van der Waals surface area contributed by atoms with Crippen LogP contribution in [0.4, 0.5) is 5.69 Å². The number of carbonyl (C=O) groups is 3. The smallest absolute Gasteiger partial charge is 0.326 e. The molecule has 3 rings (SSSR count). The summed E-state index contributed by atoms with van der Waals surface area (Å²) in [4.78, 5) is 52.9. The normalized spacial score (nSPS) is 16.9. The van der Waals surface area contributed by atoms with Gasteiger partial charge in [-0.05, 0) is 31.7 Å². The highest BCUT2D eigenvalue weighted by molar-refractivity contribution is 7.92. The maximum Gasteiger partial charge on any atom is 0.326 e. The second kappa shape index (κ2) is 11.1. The number of sulfone groups is 1. The molecule has 1 atom stereocenters. The minimum absolute atomic E-state index is 0.00932. The van der Waals surface area contributed by atoms with Crippen LogP contribution in [-0.4, -0.2) is 71.8 Å². The van der Waals surface area contributed by atoms with Gasteiger partial charge >= 0.3 is 5.97 Å². The van der Waals surface area contributed by atoms with Crippen molar-refractivity contribution in [2.24, 2.45) is 10.9 Å². The molecule has 14 heteroatoms. The van der Waals surface area contributed by atoms with E-state index in [1.165, 1.54) is 27.7 Å². The minimum Gasteiger partial charge on any atom is -0.465 e. The molecule has 1 aromatic heterocycles. The van der Waals surface area contributed by atoms with E-state index in [9.17, 15) is 32.9 Å². The first-order valence-corrected chi connectivity index (χ1v) is 13.6. The maximum absolute atomic E-state index is 12.6. The van der Waals surface area contributed by atoms with Crippen molar-refractivity contribution in [1.29, 1.82) is 0 Å². The highest BCUT2D eigenvalue weighted by Crippen LogP contribution is 2.23. The summed E-state index contributed by atoms with van der Waals surface area (Å²) in [5.74, 6) is -3.66. The number of piperidine rings is 1. The molecule has 0 saturated carbocycles. The van der Waals surface area contributed by atoms with Crippen LogP contribution < -0.4 is 4.80 Å². The second-order valence-corrected chi connectivity index (χ2v) is 11.4. The average Bonchev–Trinajstić information content (AvgIpc) is 3.08. The van der Waals surface area contributed by atoms with Gasteiger partial charge in [-0.2, -0.15) is 4.99 Å². The highest BCUT2D eigenvalue weighted by Gasteiger charge is 2.27. The van der Waals surface area contributed by atoms with Crippen LogP contribution in [0, 0.1) is 16.0 Å². The van der Waals surface area contributed by atoms with Gasteiger partial charge < -0.3 is 14.2 Å². The Labute approximate surface area is 205 Å². The first kappa shape index (κ1) is 26.5. The second-order valence-electron chi connectivity index (χ2n) is 8.31. The Balaban J connectivity index is 1.86. The number of ether oxygens (including phenoxy) is 1. The lowest BCUT2D eigenvalue weighted by molar-refractivity contribution is -0.384. The van der Waals surface area contributed by atoms with E-state index < -0.39 is 44.0 Å². The van der Waals surface area contributed by atoms with Crippen LogP contribution in [0.1, 0.15) is 26.7 Å². The van der Waals surface area contributed by atoms with E-state index in [0.717, 1.165) is 24.2 Å². The summed E-state index contributed by atoms with van der Waals surface area (Å²) in [6.07, 6.45) is 1.77. The molecule has 2 heterocycles. The topological polar surface area (TPSA) is 158 Å². The van der Waals surface area contributed by atoms with Crippen molar-refractivity contribution >= 4 is 54.9 Å². The van der Waals surface area contributed by atoms with E-state index in [1.807, 2.05) is 6.92 Å². The molecule has 0 N–H and O–H groups in total. The van der Waals surface area contributed by atoms with Crippen molar-refractivity contribution in [2.75, 3.05) is 31.2 Å². The number of nitro benzene ring substituents is 1. The van der Waals surface area contributed by atoms with Crippen LogP contribution in [0.15, 0.2) is 23.2 Å². The number of esters is 1. The number of hydrogen-bond donors (Lipinski definition) is 0. The molecule has 2 amide bonds. The summed E-state index contributed by atoms with van der Waals surface area (Å²) in [6.45, 7) is 4.38. The molecular weight excluding hydrogens is 500 g/mol. The van der Waals surface area contributed by atoms with E-state index in [-0.39, 0.29) is 29.6 Å². The maximum atomic E-state index is 12.6. The molecule has 2 aromatic rings. The Morgan fingerprint density at radius 2 is 2.03 bits per heavy atom. The molecule has 1 aliphatic heterocycles. The fourth-order valence-electron chi connectivity index (χ4n) is 3.82. The Bertz CT molecular complexity index is 1330. The van der Waals surface area contributed by atoms with Gasteiger partial charge in [-0.3, -0.25) is 24.5 Å². The summed E-state index contributed by atoms with van der Waals surface area (Å²) < 4.78 is 31.7. The molecule has 35 heavy (non-hydrogen) atoms. The van der Waals surface area contributed by atoms with Crippen molar-refractivity contribution in [3.05, 3.63) is 33.1 Å². The monoisotopic (exact) mass is 526 g/mol. The number of non-ortho nitro benzene ring substituents is 1. The summed E-state index contributed by atoms with van der Waals surface area (Å²) >= 11 is 0.900. The predicted octanol–water partition coefficient (Wildman–Crippen LogP) is 1.27. The molecule has 1 fully saturated rings. The fraction of sp³-hybridized carbons (Fsp3) is 0.524. The summed E-state index contributed by atoms with van der Waals surface area (Å²) in [7, 11) is -4.08. The number of amides is 2. The number of aromatic nitrogens is 1. The Morgan fingerprint density at radius 3 is 2.69 bits per heavy atom. The number of thiazole rings is 1. The number of rotatable bonds is 8. The quantitative estimate of drug-likeness (QED) is 0.283. The van der Waals surface area contributed by atoms with E-state index in [4.69, 9.17) is 4.74 Å².